The van der Waals surface area contributed by atoms with Crippen molar-refractivity contribution in [3.63, 3.8) is 0 Å². The van der Waals surface area contributed by atoms with E-state index in [-0.39, 0.29) is 5.60 Å². The van der Waals surface area contributed by atoms with Gasteiger partial charge >= 0.3 is 0 Å². The van der Waals surface area contributed by atoms with Crippen LogP contribution in [0.5, 0.6) is 0 Å². The molecule has 1 aliphatic rings. The van der Waals surface area contributed by atoms with Crippen molar-refractivity contribution in [2.75, 3.05) is 19.0 Å². The Balaban J connectivity index is 1.77. The van der Waals surface area contributed by atoms with E-state index in [4.69, 9.17) is 4.74 Å². The van der Waals surface area contributed by atoms with Gasteiger partial charge in [-0.2, -0.15) is 0 Å². The Morgan fingerprint density at radius 1 is 1.44 bits per heavy atom. The van der Waals surface area contributed by atoms with Crippen LogP contribution in [-0.4, -0.2) is 24.2 Å². The highest BCUT2D eigenvalue weighted by atomic mass is 32.1. The van der Waals surface area contributed by atoms with Gasteiger partial charge in [-0.1, -0.05) is 23.5 Å². The van der Waals surface area contributed by atoms with Gasteiger partial charge in [-0.25, -0.2) is 4.98 Å². The van der Waals surface area contributed by atoms with Crippen molar-refractivity contribution in [1.82, 2.24) is 4.98 Å². The fourth-order valence-corrected chi connectivity index (χ4v) is 3.36. The maximum absolute atomic E-state index is 5.61. The van der Waals surface area contributed by atoms with Crippen LogP contribution in [0.4, 0.5) is 5.13 Å². The molecule has 0 saturated heterocycles. The van der Waals surface area contributed by atoms with Gasteiger partial charge in [-0.15, -0.1) is 0 Å². The Kier molecular flexibility index (Phi) is 2.99. The van der Waals surface area contributed by atoms with Crippen LogP contribution in [0.1, 0.15) is 24.8 Å². The van der Waals surface area contributed by atoms with Crippen molar-refractivity contribution in [3.8, 4) is 0 Å². The first-order valence-electron chi connectivity index (χ1n) is 6.38. The summed E-state index contributed by atoms with van der Waals surface area (Å²) in [6.45, 7) is 2.97. The van der Waals surface area contributed by atoms with Gasteiger partial charge in [0, 0.05) is 13.7 Å². The summed E-state index contributed by atoms with van der Waals surface area (Å²) in [6.07, 6.45) is 3.58. The first-order valence-corrected chi connectivity index (χ1v) is 7.19. The highest BCUT2D eigenvalue weighted by Crippen LogP contribution is 2.36. The van der Waals surface area contributed by atoms with Crippen LogP contribution < -0.4 is 5.32 Å². The molecular weight excluding hydrogens is 244 g/mol. The molecule has 0 radical (unpaired) electrons. The molecule has 1 aliphatic carbocycles. The predicted molar refractivity (Wildman–Crippen MR) is 76.4 cm³/mol. The second kappa shape index (κ2) is 4.52. The zero-order chi connectivity index (χ0) is 12.6. The van der Waals surface area contributed by atoms with Crippen LogP contribution in [0, 0.1) is 6.92 Å². The number of benzene rings is 1. The van der Waals surface area contributed by atoms with E-state index >= 15 is 0 Å². The number of para-hydroxylation sites is 1. The fraction of sp³-hybridized carbons (Fsp3) is 0.500. The van der Waals surface area contributed by atoms with Crippen molar-refractivity contribution < 1.29 is 4.74 Å². The van der Waals surface area contributed by atoms with Crippen molar-refractivity contribution in [2.45, 2.75) is 31.8 Å². The number of rotatable bonds is 4. The quantitative estimate of drug-likeness (QED) is 0.914. The van der Waals surface area contributed by atoms with E-state index in [2.05, 4.69) is 35.4 Å². The zero-order valence-electron chi connectivity index (χ0n) is 10.8. The van der Waals surface area contributed by atoms with E-state index in [1.165, 1.54) is 16.7 Å². The summed E-state index contributed by atoms with van der Waals surface area (Å²) >= 11 is 1.72. The van der Waals surface area contributed by atoms with Gasteiger partial charge in [-0.05, 0) is 37.8 Å². The summed E-state index contributed by atoms with van der Waals surface area (Å²) < 4.78 is 6.86. The molecule has 3 rings (SSSR count). The maximum Gasteiger partial charge on any atom is 0.183 e. The molecule has 1 heterocycles. The van der Waals surface area contributed by atoms with Crippen LogP contribution in [0.3, 0.4) is 0 Å². The first-order chi connectivity index (χ1) is 8.72. The maximum atomic E-state index is 5.61. The lowest BCUT2D eigenvalue weighted by Crippen LogP contribution is -2.45. The number of fused-ring (bicyclic) bond motifs is 1. The number of anilines is 1. The molecule has 96 valence electrons. The summed E-state index contributed by atoms with van der Waals surface area (Å²) in [4.78, 5) is 4.66. The molecule has 0 spiro atoms. The van der Waals surface area contributed by atoms with E-state index in [0.29, 0.717) is 0 Å². The van der Waals surface area contributed by atoms with Crippen molar-refractivity contribution >= 4 is 26.7 Å². The van der Waals surface area contributed by atoms with Crippen molar-refractivity contribution in [1.29, 1.82) is 0 Å². The Labute approximate surface area is 111 Å². The fourth-order valence-electron chi connectivity index (χ4n) is 2.42. The third kappa shape index (κ3) is 1.99. The van der Waals surface area contributed by atoms with Crippen molar-refractivity contribution in [3.05, 3.63) is 23.8 Å². The lowest BCUT2D eigenvalue weighted by Gasteiger charge is -2.40. The second-order valence-electron chi connectivity index (χ2n) is 5.03. The van der Waals surface area contributed by atoms with E-state index in [0.717, 1.165) is 30.0 Å². The smallest absolute Gasteiger partial charge is 0.183 e. The first kappa shape index (κ1) is 11.9. The molecule has 0 amide bonds. The number of aromatic nitrogens is 1. The van der Waals surface area contributed by atoms with Crippen LogP contribution in [0.15, 0.2) is 18.2 Å². The molecule has 1 aromatic carbocycles. The topological polar surface area (TPSA) is 34.1 Å². The molecule has 4 heteroatoms. The molecule has 2 aromatic rings. The number of hydrogen-bond donors (Lipinski definition) is 1. The van der Waals surface area contributed by atoms with Crippen LogP contribution >= 0.6 is 11.3 Å². The molecule has 0 bridgehead atoms. The molecule has 1 aromatic heterocycles. The second-order valence-corrected chi connectivity index (χ2v) is 6.07. The minimum atomic E-state index is 0.0485. The summed E-state index contributed by atoms with van der Waals surface area (Å²) in [5.41, 5.74) is 2.40. The number of methoxy groups -OCH3 is 1. The molecule has 3 nitrogen and oxygen atoms in total. The van der Waals surface area contributed by atoms with E-state index in [1.54, 1.807) is 11.3 Å². The molecule has 0 unspecified atom stereocenters. The monoisotopic (exact) mass is 262 g/mol. The number of nitrogens with one attached hydrogen (secondary N) is 1. The van der Waals surface area contributed by atoms with Gasteiger partial charge in [-0.3, -0.25) is 0 Å². The van der Waals surface area contributed by atoms with Gasteiger partial charge in [0.15, 0.2) is 5.13 Å². The Morgan fingerprint density at radius 2 is 2.28 bits per heavy atom. The SMILES string of the molecule is COC1(CNc2nc3c(C)cccc3s2)CCC1. The van der Waals surface area contributed by atoms with Gasteiger partial charge in [0.05, 0.1) is 15.8 Å². The zero-order valence-corrected chi connectivity index (χ0v) is 11.6. The van der Waals surface area contributed by atoms with Gasteiger partial charge in [0.1, 0.15) is 0 Å². The van der Waals surface area contributed by atoms with Gasteiger partial charge < -0.3 is 10.1 Å². The predicted octanol–water partition coefficient (Wildman–Crippen LogP) is 3.59. The number of thiazole rings is 1. The number of nitrogens with zero attached hydrogens (tertiary/aromatic N) is 1. The number of aryl methyl sites for hydroxylation is 1. The summed E-state index contributed by atoms with van der Waals surface area (Å²) in [7, 11) is 1.81. The van der Waals surface area contributed by atoms with Crippen molar-refractivity contribution in [2.24, 2.45) is 0 Å². The molecule has 0 atom stereocenters. The van der Waals surface area contributed by atoms with E-state index in [1.807, 2.05) is 7.11 Å². The molecule has 18 heavy (non-hydrogen) atoms. The molecule has 1 fully saturated rings. The molecule has 0 aliphatic heterocycles. The van der Waals surface area contributed by atoms with Crippen LogP contribution in [0.2, 0.25) is 0 Å². The van der Waals surface area contributed by atoms with Gasteiger partial charge in [0.25, 0.3) is 0 Å². The Morgan fingerprint density at radius 3 is 2.89 bits per heavy atom. The van der Waals surface area contributed by atoms with Crippen LogP contribution in [0.25, 0.3) is 10.2 Å². The molecular formula is C14H18N2OS. The summed E-state index contributed by atoms with van der Waals surface area (Å²) in [6, 6.07) is 6.32. The normalized spacial score (nSPS) is 17.7. The minimum Gasteiger partial charge on any atom is -0.376 e. The lowest BCUT2D eigenvalue weighted by atomic mass is 9.80. The number of ether oxygens (including phenoxy) is 1. The van der Waals surface area contributed by atoms with E-state index < -0.39 is 0 Å². The third-order valence-corrected chi connectivity index (χ3v) is 4.86. The average molecular weight is 262 g/mol. The standard InChI is InChI=1S/C14H18N2OS/c1-10-5-3-6-11-12(10)16-13(18-11)15-9-14(17-2)7-4-8-14/h3,5-6H,4,7-9H2,1-2H3,(H,15,16). The van der Waals surface area contributed by atoms with Gasteiger partial charge in [0.2, 0.25) is 0 Å². The third-order valence-electron chi connectivity index (χ3n) is 3.88. The molecule has 1 saturated carbocycles. The van der Waals surface area contributed by atoms with E-state index in [9.17, 15) is 0 Å². The van der Waals surface area contributed by atoms with Crippen LogP contribution in [-0.2, 0) is 4.74 Å². The minimum absolute atomic E-state index is 0.0485. The number of hydrogen-bond acceptors (Lipinski definition) is 4. The highest BCUT2D eigenvalue weighted by Gasteiger charge is 2.36. The average Bonchev–Trinajstić information content (AvgIpc) is 2.73. The highest BCUT2D eigenvalue weighted by molar-refractivity contribution is 7.22. The Bertz CT molecular complexity index is 554. The lowest BCUT2D eigenvalue weighted by molar-refractivity contribution is -0.0601. The summed E-state index contributed by atoms with van der Waals surface area (Å²) in [5.74, 6) is 0. The summed E-state index contributed by atoms with van der Waals surface area (Å²) in [5, 5.41) is 4.44. The molecule has 1 N–H and O–H groups in total. The largest absolute Gasteiger partial charge is 0.376 e. The Hall–Kier alpha value is -1.13.